The summed E-state index contributed by atoms with van der Waals surface area (Å²) in [6.45, 7) is 6.43. The van der Waals surface area contributed by atoms with E-state index >= 15 is 0 Å². The largest absolute Gasteiger partial charge is 0.496 e. The third kappa shape index (κ3) is 3.64. The lowest BCUT2D eigenvalue weighted by Crippen LogP contribution is -2.23. The van der Waals surface area contributed by atoms with Gasteiger partial charge in [-0.25, -0.2) is 0 Å². The molecule has 0 heterocycles. The fraction of sp³-hybridized carbons (Fsp3) is 0.368. The van der Waals surface area contributed by atoms with Crippen molar-refractivity contribution in [2.45, 2.75) is 33.2 Å². The van der Waals surface area contributed by atoms with E-state index < -0.39 is 0 Å². The number of aryl methyl sites for hydroxylation is 2. The Morgan fingerprint density at radius 1 is 1.10 bits per heavy atom. The molecule has 1 N–H and O–H groups in total. The average Bonchev–Trinajstić information content (AvgIpc) is 2.47. The molecule has 0 aliphatic rings. The molecule has 0 aliphatic carbocycles. The molecule has 0 fully saturated rings. The molecule has 2 nitrogen and oxygen atoms in total. The minimum Gasteiger partial charge on any atom is -0.496 e. The monoisotopic (exact) mass is 283 g/mol. The lowest BCUT2D eigenvalue weighted by molar-refractivity contribution is 0.416. The first-order valence-corrected chi connectivity index (χ1v) is 7.47. The van der Waals surface area contributed by atoms with Crippen LogP contribution in [0.2, 0.25) is 0 Å². The van der Waals surface area contributed by atoms with Gasteiger partial charge < -0.3 is 10.1 Å². The first kappa shape index (κ1) is 15.6. The van der Waals surface area contributed by atoms with E-state index in [9.17, 15) is 0 Å². The van der Waals surface area contributed by atoms with E-state index in [2.05, 4.69) is 62.5 Å². The molecule has 0 saturated heterocycles. The molecule has 2 aromatic rings. The average molecular weight is 283 g/mol. The zero-order valence-electron chi connectivity index (χ0n) is 13.7. The van der Waals surface area contributed by atoms with Gasteiger partial charge in [0.05, 0.1) is 7.11 Å². The predicted molar refractivity (Wildman–Crippen MR) is 90.1 cm³/mol. The highest BCUT2D eigenvalue weighted by Gasteiger charge is 2.10. The minimum atomic E-state index is 0.492. The maximum atomic E-state index is 5.56. The molecule has 0 bridgehead atoms. The second kappa shape index (κ2) is 6.77. The highest BCUT2D eigenvalue weighted by Crippen LogP contribution is 2.34. The van der Waals surface area contributed by atoms with Gasteiger partial charge >= 0.3 is 0 Å². The Labute approximate surface area is 128 Å². The quantitative estimate of drug-likeness (QED) is 0.891. The summed E-state index contributed by atoms with van der Waals surface area (Å²) in [6, 6.07) is 13.6. The Hall–Kier alpha value is -1.80. The summed E-state index contributed by atoms with van der Waals surface area (Å²) in [5, 5.41) is 3.27. The number of benzene rings is 2. The molecule has 112 valence electrons. The Morgan fingerprint density at radius 3 is 2.33 bits per heavy atom. The van der Waals surface area contributed by atoms with Crippen LogP contribution >= 0.6 is 0 Å². The normalized spacial score (nSPS) is 12.2. The molecule has 0 aliphatic heterocycles. The molecule has 2 heteroatoms. The van der Waals surface area contributed by atoms with Gasteiger partial charge in [0.25, 0.3) is 0 Å². The maximum absolute atomic E-state index is 5.56. The molecule has 0 spiro atoms. The zero-order valence-corrected chi connectivity index (χ0v) is 13.7. The van der Waals surface area contributed by atoms with Crippen LogP contribution in [-0.2, 0) is 6.42 Å². The number of hydrogen-bond donors (Lipinski definition) is 1. The molecule has 0 saturated carbocycles. The summed E-state index contributed by atoms with van der Waals surface area (Å²) in [5.74, 6) is 0.948. The number of ether oxygens (including phenoxy) is 1. The molecule has 2 aromatic carbocycles. The lowest BCUT2D eigenvalue weighted by Gasteiger charge is -2.14. The van der Waals surface area contributed by atoms with Crippen molar-refractivity contribution in [3.8, 4) is 16.9 Å². The Bertz CT molecular complexity index is 602. The second-order valence-corrected chi connectivity index (χ2v) is 5.75. The number of rotatable bonds is 5. The van der Waals surface area contributed by atoms with E-state index in [1.165, 1.54) is 27.8 Å². The van der Waals surface area contributed by atoms with Crippen LogP contribution in [0, 0.1) is 13.8 Å². The molecule has 2 rings (SSSR count). The van der Waals surface area contributed by atoms with Crippen LogP contribution in [0.1, 0.15) is 23.6 Å². The molecular formula is C19H25NO. The molecule has 1 atom stereocenters. The summed E-state index contributed by atoms with van der Waals surface area (Å²) in [7, 11) is 3.74. The first-order valence-electron chi connectivity index (χ1n) is 7.47. The van der Waals surface area contributed by atoms with Gasteiger partial charge in [-0.3, -0.25) is 0 Å². The van der Waals surface area contributed by atoms with Gasteiger partial charge in [-0.2, -0.15) is 0 Å². The van der Waals surface area contributed by atoms with Crippen LogP contribution in [0.25, 0.3) is 11.1 Å². The summed E-state index contributed by atoms with van der Waals surface area (Å²) in [4.78, 5) is 0. The standard InChI is InChI=1S/C19H25NO/c1-13-10-14(2)19(18(11-13)21-5)17-8-6-16(7-9-17)12-15(3)20-4/h6-11,15,20H,12H2,1-5H3. The van der Waals surface area contributed by atoms with E-state index in [0.717, 1.165) is 12.2 Å². The van der Waals surface area contributed by atoms with Crippen LogP contribution in [0.3, 0.4) is 0 Å². The van der Waals surface area contributed by atoms with Crippen molar-refractivity contribution in [3.05, 3.63) is 53.1 Å². The summed E-state index contributed by atoms with van der Waals surface area (Å²) in [5.41, 5.74) is 6.24. The highest BCUT2D eigenvalue weighted by atomic mass is 16.5. The number of likely N-dealkylation sites (N-methyl/N-ethyl adjacent to an activating group) is 1. The highest BCUT2D eigenvalue weighted by molar-refractivity contribution is 5.74. The van der Waals surface area contributed by atoms with Crippen LogP contribution < -0.4 is 10.1 Å². The molecule has 0 radical (unpaired) electrons. The van der Waals surface area contributed by atoms with E-state index in [4.69, 9.17) is 4.74 Å². The zero-order chi connectivity index (χ0) is 15.4. The molecular weight excluding hydrogens is 258 g/mol. The summed E-state index contributed by atoms with van der Waals surface area (Å²) >= 11 is 0. The number of nitrogens with one attached hydrogen (secondary N) is 1. The Balaban J connectivity index is 2.35. The van der Waals surface area contributed by atoms with Gasteiger partial charge in [0.1, 0.15) is 5.75 Å². The van der Waals surface area contributed by atoms with Gasteiger partial charge in [-0.05, 0) is 62.6 Å². The van der Waals surface area contributed by atoms with Crippen molar-refractivity contribution in [2.75, 3.05) is 14.2 Å². The maximum Gasteiger partial charge on any atom is 0.127 e. The lowest BCUT2D eigenvalue weighted by atomic mass is 9.95. The minimum absolute atomic E-state index is 0.492. The van der Waals surface area contributed by atoms with E-state index in [1.54, 1.807) is 7.11 Å². The fourth-order valence-electron chi connectivity index (χ4n) is 2.72. The number of hydrogen-bond acceptors (Lipinski definition) is 2. The van der Waals surface area contributed by atoms with Gasteiger partial charge in [0.15, 0.2) is 0 Å². The smallest absolute Gasteiger partial charge is 0.127 e. The molecule has 21 heavy (non-hydrogen) atoms. The first-order chi connectivity index (χ1) is 10.0. The molecule has 1 unspecified atom stereocenters. The van der Waals surface area contributed by atoms with Crippen molar-refractivity contribution < 1.29 is 4.74 Å². The predicted octanol–water partition coefficient (Wildman–Crippen LogP) is 4.13. The third-order valence-electron chi connectivity index (χ3n) is 3.94. The van der Waals surface area contributed by atoms with E-state index in [0.29, 0.717) is 6.04 Å². The number of methoxy groups -OCH3 is 1. The fourth-order valence-corrected chi connectivity index (χ4v) is 2.72. The van der Waals surface area contributed by atoms with Crippen LogP contribution in [0.15, 0.2) is 36.4 Å². The summed E-state index contributed by atoms with van der Waals surface area (Å²) < 4.78 is 5.56. The van der Waals surface area contributed by atoms with E-state index in [1.807, 2.05) is 7.05 Å². The van der Waals surface area contributed by atoms with Crippen LogP contribution in [-0.4, -0.2) is 20.2 Å². The van der Waals surface area contributed by atoms with Crippen LogP contribution in [0.4, 0.5) is 0 Å². The topological polar surface area (TPSA) is 21.3 Å². The van der Waals surface area contributed by atoms with Gasteiger partial charge in [0.2, 0.25) is 0 Å². The Morgan fingerprint density at radius 2 is 1.76 bits per heavy atom. The van der Waals surface area contributed by atoms with Crippen LogP contribution in [0.5, 0.6) is 5.75 Å². The third-order valence-corrected chi connectivity index (χ3v) is 3.94. The van der Waals surface area contributed by atoms with Crippen molar-refractivity contribution in [2.24, 2.45) is 0 Å². The van der Waals surface area contributed by atoms with Crippen molar-refractivity contribution in [1.29, 1.82) is 0 Å². The van der Waals surface area contributed by atoms with Gasteiger partial charge in [0, 0.05) is 11.6 Å². The molecule has 0 aromatic heterocycles. The van der Waals surface area contributed by atoms with Gasteiger partial charge in [-0.1, -0.05) is 30.3 Å². The molecule has 0 amide bonds. The summed E-state index contributed by atoms with van der Waals surface area (Å²) in [6.07, 6.45) is 1.04. The second-order valence-electron chi connectivity index (χ2n) is 5.75. The van der Waals surface area contributed by atoms with Crippen molar-refractivity contribution >= 4 is 0 Å². The van der Waals surface area contributed by atoms with Gasteiger partial charge in [-0.15, -0.1) is 0 Å². The van der Waals surface area contributed by atoms with Crippen molar-refractivity contribution in [3.63, 3.8) is 0 Å². The Kier molecular flexibility index (Phi) is 5.03. The van der Waals surface area contributed by atoms with E-state index in [-0.39, 0.29) is 0 Å². The van der Waals surface area contributed by atoms with Crippen molar-refractivity contribution in [1.82, 2.24) is 5.32 Å². The SMILES string of the molecule is CNC(C)Cc1ccc(-c2c(C)cc(C)cc2OC)cc1.